The van der Waals surface area contributed by atoms with Crippen LogP contribution in [-0.2, 0) is 6.54 Å². The molecule has 5 aromatic rings. The zero-order chi connectivity index (χ0) is 23.8. The van der Waals surface area contributed by atoms with Crippen LogP contribution < -0.4 is 16.0 Å². The predicted octanol–water partition coefficient (Wildman–Crippen LogP) is 3.30. The maximum absolute atomic E-state index is 13.7. The van der Waals surface area contributed by atoms with Gasteiger partial charge in [0.25, 0.3) is 5.56 Å². The first-order valence-corrected chi connectivity index (χ1v) is 11.5. The molecule has 0 saturated carbocycles. The lowest BCUT2D eigenvalue weighted by atomic mass is 10.2. The number of ether oxygens (including phenoxy) is 1. The molecule has 0 atom stereocenters. The summed E-state index contributed by atoms with van der Waals surface area (Å²) < 4.78 is 8.79. The lowest BCUT2D eigenvalue weighted by Gasteiger charge is -2.15. The van der Waals surface area contributed by atoms with Gasteiger partial charge in [0.2, 0.25) is 0 Å². The topological polar surface area (TPSA) is 114 Å². The van der Waals surface area contributed by atoms with Gasteiger partial charge in [0, 0.05) is 6.42 Å². The van der Waals surface area contributed by atoms with E-state index in [-0.39, 0.29) is 12.1 Å². The average Bonchev–Trinajstić information content (AvgIpc) is 3.39. The Hall–Kier alpha value is -4.23. The SMILES string of the molecule is CCC#Cc1nn(Cc2nc3scc(C)c3c(=O)n2-c2ccccc2OC)c2ncnc(N)c12. The number of nitrogens with two attached hydrogens (primary N) is 1. The van der Waals surface area contributed by atoms with E-state index in [1.165, 1.54) is 17.7 Å². The quantitative estimate of drug-likeness (QED) is 0.400. The molecule has 9 nitrogen and oxygen atoms in total. The van der Waals surface area contributed by atoms with Gasteiger partial charge in [0.15, 0.2) is 5.65 Å². The van der Waals surface area contributed by atoms with Gasteiger partial charge in [-0.2, -0.15) is 5.10 Å². The van der Waals surface area contributed by atoms with Crippen molar-refractivity contribution in [3.05, 3.63) is 63.4 Å². The van der Waals surface area contributed by atoms with Crippen molar-refractivity contribution in [1.82, 2.24) is 29.3 Å². The second-order valence-corrected chi connectivity index (χ2v) is 8.42. The van der Waals surface area contributed by atoms with Gasteiger partial charge in [-0.3, -0.25) is 9.36 Å². The zero-order valence-corrected chi connectivity index (χ0v) is 19.7. The highest BCUT2D eigenvalue weighted by molar-refractivity contribution is 7.16. The molecule has 0 aliphatic carbocycles. The summed E-state index contributed by atoms with van der Waals surface area (Å²) in [5.41, 5.74) is 8.47. The molecule has 0 spiro atoms. The fourth-order valence-electron chi connectivity index (χ4n) is 3.87. The van der Waals surface area contributed by atoms with Gasteiger partial charge >= 0.3 is 0 Å². The third kappa shape index (κ3) is 3.47. The number of hydrogen-bond acceptors (Lipinski definition) is 8. The number of rotatable bonds is 4. The number of methoxy groups -OCH3 is 1. The molecule has 0 unspecified atom stereocenters. The first-order valence-electron chi connectivity index (χ1n) is 10.6. The highest BCUT2D eigenvalue weighted by Crippen LogP contribution is 2.27. The number of hydrogen-bond donors (Lipinski definition) is 1. The van der Waals surface area contributed by atoms with Crippen LogP contribution in [0.2, 0.25) is 0 Å². The van der Waals surface area contributed by atoms with Crippen molar-refractivity contribution in [3.63, 3.8) is 0 Å². The number of nitrogen functional groups attached to an aromatic ring is 1. The molecule has 0 aliphatic heterocycles. The molecule has 0 amide bonds. The van der Waals surface area contributed by atoms with Crippen LogP contribution in [0.5, 0.6) is 5.75 Å². The van der Waals surface area contributed by atoms with E-state index in [1.807, 2.05) is 43.5 Å². The minimum atomic E-state index is -0.167. The Labute approximate surface area is 198 Å². The molecule has 10 heteroatoms. The van der Waals surface area contributed by atoms with E-state index in [1.54, 1.807) is 16.4 Å². The third-order valence-corrected chi connectivity index (χ3v) is 6.41. The van der Waals surface area contributed by atoms with Crippen molar-refractivity contribution in [2.24, 2.45) is 0 Å². The van der Waals surface area contributed by atoms with Crippen LogP contribution in [0, 0.1) is 18.8 Å². The fraction of sp³-hybridized carbons (Fsp3) is 0.208. The van der Waals surface area contributed by atoms with E-state index in [9.17, 15) is 4.79 Å². The van der Waals surface area contributed by atoms with Crippen LogP contribution >= 0.6 is 11.3 Å². The standard InChI is InChI=1S/C24H21N7O2S/c1-4-5-8-15-20-21(25)26-13-27-22(20)30(29-15)11-18-28-23-19(14(2)12-34-23)24(32)31(18)16-9-6-7-10-17(16)33-3/h6-7,9-10,12-13H,4,11H2,1-3H3,(H2,25,26,27). The Balaban J connectivity index is 1.78. The molecular formula is C24H21N7O2S. The van der Waals surface area contributed by atoms with Gasteiger partial charge in [-0.15, -0.1) is 11.3 Å². The normalized spacial score (nSPS) is 11.0. The highest BCUT2D eigenvalue weighted by Gasteiger charge is 2.21. The fourth-order valence-corrected chi connectivity index (χ4v) is 4.80. The Morgan fingerprint density at radius 2 is 2.03 bits per heavy atom. The largest absolute Gasteiger partial charge is 0.495 e. The summed E-state index contributed by atoms with van der Waals surface area (Å²) in [6.07, 6.45) is 2.06. The second kappa shape index (κ2) is 8.61. The van der Waals surface area contributed by atoms with E-state index < -0.39 is 0 Å². The van der Waals surface area contributed by atoms with Crippen LogP contribution in [0.25, 0.3) is 26.9 Å². The Bertz CT molecular complexity index is 1670. The van der Waals surface area contributed by atoms with Gasteiger partial charge in [-0.1, -0.05) is 25.0 Å². The zero-order valence-electron chi connectivity index (χ0n) is 18.9. The minimum absolute atomic E-state index is 0.167. The van der Waals surface area contributed by atoms with Gasteiger partial charge in [-0.25, -0.2) is 19.6 Å². The first-order chi connectivity index (χ1) is 16.5. The molecule has 0 bridgehead atoms. The van der Waals surface area contributed by atoms with Crippen LogP contribution in [-0.4, -0.2) is 36.4 Å². The van der Waals surface area contributed by atoms with E-state index >= 15 is 0 Å². The maximum atomic E-state index is 13.7. The predicted molar refractivity (Wildman–Crippen MR) is 133 cm³/mol. The molecule has 0 aliphatic rings. The van der Waals surface area contributed by atoms with Crippen LogP contribution in [0.4, 0.5) is 5.82 Å². The van der Waals surface area contributed by atoms with E-state index in [0.717, 1.165) is 5.56 Å². The molecular weight excluding hydrogens is 450 g/mol. The number of aryl methyl sites for hydroxylation is 1. The monoisotopic (exact) mass is 471 g/mol. The summed E-state index contributed by atoms with van der Waals surface area (Å²) >= 11 is 1.44. The Morgan fingerprint density at radius 3 is 2.82 bits per heavy atom. The molecule has 170 valence electrons. The van der Waals surface area contributed by atoms with Crippen molar-refractivity contribution in [2.45, 2.75) is 26.8 Å². The van der Waals surface area contributed by atoms with Crippen molar-refractivity contribution in [1.29, 1.82) is 0 Å². The molecule has 0 radical (unpaired) electrons. The van der Waals surface area contributed by atoms with Crippen molar-refractivity contribution in [2.75, 3.05) is 12.8 Å². The van der Waals surface area contributed by atoms with E-state index in [0.29, 0.717) is 56.4 Å². The lowest BCUT2D eigenvalue weighted by molar-refractivity contribution is 0.412. The molecule has 0 fully saturated rings. The first kappa shape index (κ1) is 21.6. The third-order valence-electron chi connectivity index (χ3n) is 5.42. The Morgan fingerprint density at radius 1 is 1.21 bits per heavy atom. The van der Waals surface area contributed by atoms with Gasteiger partial charge < -0.3 is 10.5 Å². The van der Waals surface area contributed by atoms with E-state index in [4.69, 9.17) is 15.5 Å². The molecule has 0 saturated heterocycles. The summed E-state index contributed by atoms with van der Waals surface area (Å²) in [5, 5.41) is 7.76. The lowest BCUT2D eigenvalue weighted by Crippen LogP contribution is -2.26. The average molecular weight is 472 g/mol. The van der Waals surface area contributed by atoms with Crippen molar-refractivity contribution >= 4 is 38.4 Å². The number of nitrogens with zero attached hydrogens (tertiary/aromatic N) is 6. The second-order valence-electron chi connectivity index (χ2n) is 7.56. The summed E-state index contributed by atoms with van der Waals surface area (Å²) in [5.74, 6) is 7.42. The molecule has 1 aromatic carbocycles. The van der Waals surface area contributed by atoms with Crippen LogP contribution in [0.1, 0.15) is 30.4 Å². The van der Waals surface area contributed by atoms with Gasteiger partial charge in [0.05, 0.1) is 23.6 Å². The molecule has 4 heterocycles. The smallest absolute Gasteiger partial charge is 0.267 e. The molecule has 34 heavy (non-hydrogen) atoms. The maximum Gasteiger partial charge on any atom is 0.267 e. The summed E-state index contributed by atoms with van der Waals surface area (Å²) in [6, 6.07) is 7.35. The van der Waals surface area contributed by atoms with Crippen molar-refractivity contribution in [3.8, 4) is 23.3 Å². The highest BCUT2D eigenvalue weighted by atomic mass is 32.1. The summed E-state index contributed by atoms with van der Waals surface area (Å²) in [6.45, 7) is 4.04. The number of benzene rings is 1. The molecule has 4 aromatic heterocycles. The number of anilines is 1. The number of para-hydroxylation sites is 2. The summed E-state index contributed by atoms with van der Waals surface area (Å²) in [7, 11) is 1.57. The van der Waals surface area contributed by atoms with Crippen LogP contribution in [0.3, 0.4) is 0 Å². The summed E-state index contributed by atoms with van der Waals surface area (Å²) in [4.78, 5) is 27.8. The number of thiophene rings is 1. The van der Waals surface area contributed by atoms with Crippen molar-refractivity contribution < 1.29 is 4.74 Å². The molecule has 5 rings (SSSR count). The molecule has 2 N–H and O–H groups in total. The van der Waals surface area contributed by atoms with Crippen LogP contribution in [0.15, 0.2) is 40.8 Å². The minimum Gasteiger partial charge on any atom is -0.495 e. The Kier molecular flexibility index (Phi) is 5.47. The van der Waals surface area contributed by atoms with Gasteiger partial charge in [0.1, 0.15) is 40.8 Å². The number of aromatic nitrogens is 6. The number of fused-ring (bicyclic) bond motifs is 2. The van der Waals surface area contributed by atoms with E-state index in [2.05, 4.69) is 26.9 Å². The van der Waals surface area contributed by atoms with Gasteiger partial charge in [-0.05, 0) is 35.9 Å².